The number of rotatable bonds is 8. The van der Waals surface area contributed by atoms with Crippen molar-refractivity contribution in [2.45, 2.75) is 13.0 Å². The number of nitrogens with one attached hydrogen (secondary N) is 2. The molecule has 0 saturated carbocycles. The lowest BCUT2D eigenvalue weighted by Gasteiger charge is -2.11. The van der Waals surface area contributed by atoms with Crippen molar-refractivity contribution < 1.29 is 19.5 Å². The van der Waals surface area contributed by atoms with Crippen LogP contribution in [0.25, 0.3) is 0 Å². The van der Waals surface area contributed by atoms with Crippen molar-refractivity contribution in [1.82, 2.24) is 10.6 Å². The van der Waals surface area contributed by atoms with Gasteiger partial charge in [0.1, 0.15) is 6.04 Å². The summed E-state index contributed by atoms with van der Waals surface area (Å²) >= 11 is 0. The van der Waals surface area contributed by atoms with E-state index in [4.69, 9.17) is 5.11 Å². The van der Waals surface area contributed by atoms with Crippen LogP contribution in [-0.4, -0.2) is 49.6 Å². The Balaban J connectivity index is 1.89. The molecule has 9 nitrogen and oxygen atoms in total. The number of anilines is 1. The maximum Gasteiger partial charge on any atom is 0.325 e. The Bertz CT molecular complexity index is 892. The van der Waals surface area contributed by atoms with E-state index in [9.17, 15) is 14.4 Å². The first-order valence-electron chi connectivity index (χ1n) is 8.86. The number of azo groups is 1. The molecule has 2 amide bonds. The summed E-state index contributed by atoms with van der Waals surface area (Å²) in [6, 6.07) is 13.0. The van der Waals surface area contributed by atoms with Gasteiger partial charge in [0.2, 0.25) is 5.91 Å². The molecule has 0 aliphatic rings. The first-order chi connectivity index (χ1) is 13.8. The molecule has 0 saturated heterocycles. The van der Waals surface area contributed by atoms with Crippen LogP contribution in [0.2, 0.25) is 0 Å². The summed E-state index contributed by atoms with van der Waals surface area (Å²) in [5.74, 6) is -2.19. The Hall–Kier alpha value is -3.75. The van der Waals surface area contributed by atoms with E-state index in [-0.39, 0.29) is 6.54 Å². The zero-order valence-electron chi connectivity index (χ0n) is 16.4. The molecule has 2 aromatic carbocycles. The molecule has 0 aliphatic heterocycles. The van der Waals surface area contributed by atoms with Crippen molar-refractivity contribution in [2.75, 3.05) is 25.5 Å². The molecular formula is C20H23N5O4. The topological polar surface area (TPSA) is 123 Å². The van der Waals surface area contributed by atoms with Crippen molar-refractivity contribution >= 4 is 34.8 Å². The monoisotopic (exact) mass is 397 g/mol. The normalized spacial score (nSPS) is 11.7. The number of carbonyl (C=O) groups is 3. The van der Waals surface area contributed by atoms with E-state index < -0.39 is 23.8 Å². The van der Waals surface area contributed by atoms with Crippen molar-refractivity contribution in [1.29, 1.82) is 0 Å². The number of nitrogens with zero attached hydrogens (tertiary/aromatic N) is 3. The number of amides is 2. The van der Waals surface area contributed by atoms with Gasteiger partial charge in [-0.2, -0.15) is 10.2 Å². The third kappa shape index (κ3) is 6.73. The predicted molar refractivity (Wildman–Crippen MR) is 109 cm³/mol. The summed E-state index contributed by atoms with van der Waals surface area (Å²) < 4.78 is 0. The van der Waals surface area contributed by atoms with Crippen LogP contribution in [0.5, 0.6) is 0 Å². The molecule has 152 valence electrons. The molecule has 29 heavy (non-hydrogen) atoms. The van der Waals surface area contributed by atoms with Gasteiger partial charge in [-0.05, 0) is 55.5 Å². The van der Waals surface area contributed by atoms with Crippen LogP contribution in [0.3, 0.4) is 0 Å². The van der Waals surface area contributed by atoms with E-state index in [2.05, 4.69) is 20.9 Å². The number of hydrogen-bond donors (Lipinski definition) is 3. The fourth-order valence-electron chi connectivity index (χ4n) is 2.23. The highest BCUT2D eigenvalue weighted by molar-refractivity contribution is 5.97. The van der Waals surface area contributed by atoms with Crippen LogP contribution < -0.4 is 15.5 Å². The van der Waals surface area contributed by atoms with Crippen molar-refractivity contribution in [2.24, 2.45) is 10.2 Å². The zero-order chi connectivity index (χ0) is 21.4. The van der Waals surface area contributed by atoms with Crippen LogP contribution in [0, 0.1) is 0 Å². The van der Waals surface area contributed by atoms with Crippen LogP contribution in [-0.2, 0) is 9.59 Å². The Morgan fingerprint density at radius 1 is 0.966 bits per heavy atom. The van der Waals surface area contributed by atoms with Crippen molar-refractivity contribution in [3.05, 3.63) is 54.1 Å². The molecule has 0 aliphatic carbocycles. The largest absolute Gasteiger partial charge is 0.480 e. The van der Waals surface area contributed by atoms with Gasteiger partial charge in [0.05, 0.1) is 17.9 Å². The van der Waals surface area contributed by atoms with E-state index in [1.165, 1.54) is 6.92 Å². The summed E-state index contributed by atoms with van der Waals surface area (Å²) in [6.07, 6.45) is 0. The molecule has 1 atom stereocenters. The number of hydrogen-bond acceptors (Lipinski definition) is 6. The Morgan fingerprint density at radius 3 is 1.97 bits per heavy atom. The van der Waals surface area contributed by atoms with E-state index in [1.54, 1.807) is 24.3 Å². The average Bonchev–Trinajstić information content (AvgIpc) is 2.71. The second kappa shape index (κ2) is 9.98. The maximum atomic E-state index is 12.1. The Labute approximate surface area is 168 Å². The van der Waals surface area contributed by atoms with E-state index in [1.807, 2.05) is 43.3 Å². The molecule has 3 N–H and O–H groups in total. The van der Waals surface area contributed by atoms with Crippen LogP contribution in [0.1, 0.15) is 17.3 Å². The highest BCUT2D eigenvalue weighted by Crippen LogP contribution is 2.21. The summed E-state index contributed by atoms with van der Waals surface area (Å²) in [4.78, 5) is 36.4. The van der Waals surface area contributed by atoms with Gasteiger partial charge < -0.3 is 20.6 Å². The van der Waals surface area contributed by atoms with Crippen LogP contribution in [0.15, 0.2) is 58.8 Å². The second-order valence-corrected chi connectivity index (χ2v) is 6.47. The number of carbonyl (C=O) groups excluding carboxylic acids is 2. The highest BCUT2D eigenvalue weighted by Gasteiger charge is 2.14. The number of carboxylic acid groups (broad SMARTS) is 1. The molecule has 0 unspecified atom stereocenters. The quantitative estimate of drug-likeness (QED) is 0.591. The van der Waals surface area contributed by atoms with Gasteiger partial charge in [-0.25, -0.2) is 0 Å². The van der Waals surface area contributed by atoms with Crippen LogP contribution in [0.4, 0.5) is 17.1 Å². The minimum absolute atomic E-state index is 0.319. The third-order valence-electron chi connectivity index (χ3n) is 3.93. The first-order valence-corrected chi connectivity index (χ1v) is 8.86. The van der Waals surface area contributed by atoms with Gasteiger partial charge in [0, 0.05) is 25.3 Å². The molecule has 0 aromatic heterocycles. The summed E-state index contributed by atoms with van der Waals surface area (Å²) in [5, 5.41) is 21.7. The van der Waals surface area contributed by atoms with Gasteiger partial charge in [0.15, 0.2) is 0 Å². The molecule has 0 spiro atoms. The Morgan fingerprint density at radius 2 is 1.48 bits per heavy atom. The number of aliphatic carboxylic acids is 1. The van der Waals surface area contributed by atoms with Crippen molar-refractivity contribution in [3.63, 3.8) is 0 Å². The number of carboxylic acids is 1. The zero-order valence-corrected chi connectivity index (χ0v) is 16.4. The molecular weight excluding hydrogens is 374 g/mol. The van der Waals surface area contributed by atoms with Gasteiger partial charge in [-0.15, -0.1) is 0 Å². The minimum atomic E-state index is -1.15. The third-order valence-corrected chi connectivity index (χ3v) is 3.93. The standard InChI is InChI=1S/C20H23N5O4/c1-13(20(28)29)22-18(26)12-21-19(27)14-4-6-15(7-5-14)23-24-16-8-10-17(11-9-16)25(2)3/h4-11,13H,12H2,1-3H3,(H,21,27)(H,22,26)(H,28,29)/t13-/m1/s1. The first kappa shape index (κ1) is 21.5. The molecule has 9 heteroatoms. The summed E-state index contributed by atoms with van der Waals surface area (Å²) in [6.45, 7) is 1.02. The minimum Gasteiger partial charge on any atom is -0.480 e. The fraction of sp³-hybridized carbons (Fsp3) is 0.250. The lowest BCUT2D eigenvalue weighted by Crippen LogP contribution is -2.43. The molecule has 0 heterocycles. The molecule has 2 rings (SSSR count). The maximum absolute atomic E-state index is 12.1. The Kier molecular flexibility index (Phi) is 7.41. The molecule has 0 fully saturated rings. The summed E-state index contributed by atoms with van der Waals surface area (Å²) in [7, 11) is 3.91. The van der Waals surface area contributed by atoms with Gasteiger partial charge >= 0.3 is 5.97 Å². The van der Waals surface area contributed by atoms with Gasteiger partial charge in [-0.1, -0.05) is 0 Å². The summed E-state index contributed by atoms with van der Waals surface area (Å²) in [5.41, 5.74) is 2.69. The van der Waals surface area contributed by atoms with Gasteiger partial charge in [0.25, 0.3) is 5.91 Å². The van der Waals surface area contributed by atoms with E-state index in [0.717, 1.165) is 5.69 Å². The smallest absolute Gasteiger partial charge is 0.325 e. The molecule has 0 bridgehead atoms. The molecule has 0 radical (unpaired) electrons. The second-order valence-electron chi connectivity index (χ2n) is 6.47. The highest BCUT2D eigenvalue weighted by atomic mass is 16.4. The van der Waals surface area contributed by atoms with Crippen LogP contribution >= 0.6 is 0 Å². The van der Waals surface area contributed by atoms with Crippen molar-refractivity contribution in [3.8, 4) is 0 Å². The predicted octanol–water partition coefficient (Wildman–Crippen LogP) is 2.49. The lowest BCUT2D eigenvalue weighted by atomic mass is 10.2. The molecule has 2 aromatic rings. The van der Waals surface area contributed by atoms with E-state index in [0.29, 0.717) is 16.9 Å². The average molecular weight is 397 g/mol. The van der Waals surface area contributed by atoms with Gasteiger partial charge in [-0.3, -0.25) is 14.4 Å². The lowest BCUT2D eigenvalue weighted by molar-refractivity contribution is -0.141. The van der Waals surface area contributed by atoms with E-state index >= 15 is 0 Å². The SMILES string of the molecule is C[C@@H](NC(=O)CNC(=O)c1ccc(N=Nc2ccc(N(C)C)cc2)cc1)C(=O)O. The number of benzene rings is 2. The fourth-order valence-corrected chi connectivity index (χ4v) is 2.23.